The van der Waals surface area contributed by atoms with E-state index in [9.17, 15) is 9.59 Å². The fraction of sp³-hybridized carbons (Fsp3) is 0.333. The van der Waals surface area contributed by atoms with Crippen molar-refractivity contribution in [3.05, 3.63) is 48.0 Å². The van der Waals surface area contributed by atoms with Crippen LogP contribution in [0.2, 0.25) is 0 Å². The van der Waals surface area contributed by atoms with Crippen LogP contribution in [0.1, 0.15) is 29.6 Å². The highest BCUT2D eigenvalue weighted by Crippen LogP contribution is 2.27. The molecule has 1 heterocycles. The minimum atomic E-state index is -0.262. The molecule has 0 saturated carbocycles. The topological polar surface area (TPSA) is 67.9 Å². The lowest BCUT2D eigenvalue weighted by Crippen LogP contribution is -2.29. The number of nitrogens with one attached hydrogen (secondary N) is 1. The predicted octanol–water partition coefficient (Wildman–Crippen LogP) is 3.52. The van der Waals surface area contributed by atoms with Crippen LogP contribution in [0.4, 0.5) is 11.4 Å². The first kappa shape index (κ1) is 18.8. The first-order valence-corrected chi connectivity index (χ1v) is 9.10. The number of benzene rings is 2. The monoisotopic (exact) mass is 368 g/mol. The van der Waals surface area contributed by atoms with Gasteiger partial charge in [-0.05, 0) is 61.7 Å². The Morgan fingerprint density at radius 1 is 1.07 bits per heavy atom. The van der Waals surface area contributed by atoms with Crippen molar-refractivity contribution in [2.24, 2.45) is 0 Å². The Bertz CT molecular complexity index is 783. The third-order valence-corrected chi connectivity index (χ3v) is 4.55. The van der Waals surface area contributed by atoms with Crippen molar-refractivity contribution in [2.75, 3.05) is 37.0 Å². The number of hydrogen-bond donors (Lipinski definition) is 1. The van der Waals surface area contributed by atoms with E-state index in [0.29, 0.717) is 17.1 Å². The summed E-state index contributed by atoms with van der Waals surface area (Å²) in [5.74, 6) is 0.569. The number of nitrogens with zero attached hydrogens (tertiary/aromatic N) is 1. The van der Waals surface area contributed by atoms with E-state index in [1.165, 1.54) is 32.1 Å². The van der Waals surface area contributed by atoms with Crippen molar-refractivity contribution < 1.29 is 19.1 Å². The average Bonchev–Trinajstić information content (AvgIpc) is 2.73. The van der Waals surface area contributed by atoms with Crippen LogP contribution in [0.25, 0.3) is 0 Å². The molecule has 0 spiro atoms. The Morgan fingerprint density at radius 3 is 2.48 bits per heavy atom. The minimum absolute atomic E-state index is 0.148. The second-order valence-electron chi connectivity index (χ2n) is 6.46. The Labute approximate surface area is 159 Å². The van der Waals surface area contributed by atoms with Crippen LogP contribution < -0.4 is 19.7 Å². The smallest absolute Gasteiger partial charge is 0.262 e. The number of carbonyl (C=O) groups excluding carboxylic acids is 2. The highest BCUT2D eigenvalue weighted by molar-refractivity contribution is 5.92. The van der Waals surface area contributed by atoms with Gasteiger partial charge in [0.25, 0.3) is 5.91 Å². The molecule has 1 N–H and O–H groups in total. The Kier molecular flexibility index (Phi) is 6.30. The molecule has 6 nitrogen and oxygen atoms in total. The predicted molar refractivity (Wildman–Crippen MR) is 105 cm³/mol. The molecule has 142 valence electrons. The van der Waals surface area contributed by atoms with E-state index < -0.39 is 0 Å². The van der Waals surface area contributed by atoms with Crippen LogP contribution >= 0.6 is 0 Å². The van der Waals surface area contributed by atoms with Crippen LogP contribution in [-0.4, -0.2) is 39.0 Å². The van der Waals surface area contributed by atoms with Gasteiger partial charge < -0.3 is 19.7 Å². The largest absolute Gasteiger partial charge is 0.493 e. The summed E-state index contributed by atoms with van der Waals surface area (Å²) in [7, 11) is 1.49. The van der Waals surface area contributed by atoms with Gasteiger partial charge in [0.05, 0.1) is 7.11 Å². The minimum Gasteiger partial charge on any atom is -0.493 e. The summed E-state index contributed by atoms with van der Waals surface area (Å²) in [6, 6.07) is 12.7. The van der Waals surface area contributed by atoms with E-state index in [-0.39, 0.29) is 12.5 Å². The summed E-state index contributed by atoms with van der Waals surface area (Å²) in [5, 5.41) is 2.82. The van der Waals surface area contributed by atoms with Crippen LogP contribution in [0, 0.1) is 0 Å². The highest BCUT2D eigenvalue weighted by atomic mass is 16.5. The Balaban J connectivity index is 1.54. The number of amides is 1. The number of piperidine rings is 1. The first-order chi connectivity index (χ1) is 13.2. The van der Waals surface area contributed by atoms with Crippen LogP contribution in [0.5, 0.6) is 11.5 Å². The number of rotatable bonds is 7. The molecule has 0 bridgehead atoms. The summed E-state index contributed by atoms with van der Waals surface area (Å²) in [6.45, 7) is 2.03. The zero-order valence-electron chi connectivity index (χ0n) is 15.4. The zero-order chi connectivity index (χ0) is 19.1. The zero-order valence-corrected chi connectivity index (χ0v) is 15.4. The van der Waals surface area contributed by atoms with Gasteiger partial charge in [-0.1, -0.05) is 0 Å². The van der Waals surface area contributed by atoms with Gasteiger partial charge >= 0.3 is 0 Å². The van der Waals surface area contributed by atoms with Crippen LogP contribution in [0.3, 0.4) is 0 Å². The molecule has 0 aromatic heterocycles. The number of aldehydes is 1. The molecule has 0 unspecified atom stereocenters. The maximum Gasteiger partial charge on any atom is 0.262 e. The molecule has 2 aromatic carbocycles. The molecule has 27 heavy (non-hydrogen) atoms. The molecule has 0 radical (unpaired) electrons. The van der Waals surface area contributed by atoms with Gasteiger partial charge in [0, 0.05) is 30.0 Å². The standard InChI is InChI=1S/C21H24N2O4/c1-26-20-13-16(14-24)5-10-19(20)27-15-21(25)22-17-6-8-18(9-7-17)23-11-3-2-4-12-23/h5-10,13-14H,2-4,11-12,15H2,1H3,(H,22,25). The fourth-order valence-corrected chi connectivity index (χ4v) is 3.12. The lowest BCUT2D eigenvalue weighted by molar-refractivity contribution is -0.118. The molecule has 0 atom stereocenters. The Hall–Kier alpha value is -3.02. The SMILES string of the molecule is COc1cc(C=O)ccc1OCC(=O)Nc1ccc(N2CCCCC2)cc1. The highest BCUT2D eigenvalue weighted by Gasteiger charge is 2.12. The van der Waals surface area contributed by atoms with Crippen molar-refractivity contribution in [1.82, 2.24) is 0 Å². The number of ether oxygens (including phenoxy) is 2. The van der Waals surface area contributed by atoms with E-state index in [1.54, 1.807) is 18.2 Å². The maximum absolute atomic E-state index is 12.2. The van der Waals surface area contributed by atoms with Gasteiger partial charge in [0.15, 0.2) is 18.1 Å². The van der Waals surface area contributed by atoms with E-state index in [1.807, 2.05) is 24.3 Å². The van der Waals surface area contributed by atoms with Crippen molar-refractivity contribution in [1.29, 1.82) is 0 Å². The molecule has 6 heteroatoms. The quantitative estimate of drug-likeness (QED) is 0.758. The van der Waals surface area contributed by atoms with Crippen molar-refractivity contribution in [3.63, 3.8) is 0 Å². The van der Waals surface area contributed by atoms with Gasteiger partial charge in [-0.3, -0.25) is 9.59 Å². The molecular weight excluding hydrogens is 344 g/mol. The number of carbonyl (C=O) groups is 2. The third kappa shape index (κ3) is 5.00. The maximum atomic E-state index is 12.2. The number of methoxy groups -OCH3 is 1. The number of anilines is 2. The summed E-state index contributed by atoms with van der Waals surface area (Å²) in [4.78, 5) is 25.3. The fourth-order valence-electron chi connectivity index (χ4n) is 3.12. The van der Waals surface area contributed by atoms with E-state index in [4.69, 9.17) is 9.47 Å². The lowest BCUT2D eigenvalue weighted by atomic mass is 10.1. The molecular formula is C21H24N2O4. The molecule has 0 aliphatic carbocycles. The van der Waals surface area contributed by atoms with Gasteiger partial charge in [0.2, 0.25) is 0 Å². The molecule has 1 aliphatic rings. The van der Waals surface area contributed by atoms with E-state index in [2.05, 4.69) is 10.2 Å². The van der Waals surface area contributed by atoms with Gasteiger partial charge in [0.1, 0.15) is 6.29 Å². The van der Waals surface area contributed by atoms with Crippen molar-refractivity contribution >= 4 is 23.6 Å². The van der Waals surface area contributed by atoms with E-state index in [0.717, 1.165) is 25.1 Å². The summed E-state index contributed by atoms with van der Waals surface area (Å²) >= 11 is 0. The summed E-state index contributed by atoms with van der Waals surface area (Å²) in [5.41, 5.74) is 2.40. The Morgan fingerprint density at radius 2 is 1.81 bits per heavy atom. The normalized spacial score (nSPS) is 13.7. The number of hydrogen-bond acceptors (Lipinski definition) is 5. The average molecular weight is 368 g/mol. The second-order valence-corrected chi connectivity index (χ2v) is 6.46. The molecule has 1 saturated heterocycles. The molecule has 2 aromatic rings. The molecule has 1 amide bonds. The molecule has 1 aliphatic heterocycles. The van der Waals surface area contributed by atoms with Crippen molar-refractivity contribution in [3.8, 4) is 11.5 Å². The van der Waals surface area contributed by atoms with Crippen molar-refractivity contribution in [2.45, 2.75) is 19.3 Å². The first-order valence-electron chi connectivity index (χ1n) is 9.10. The van der Waals surface area contributed by atoms with E-state index >= 15 is 0 Å². The third-order valence-electron chi connectivity index (χ3n) is 4.55. The van der Waals surface area contributed by atoms with Crippen LogP contribution in [-0.2, 0) is 4.79 Å². The van der Waals surface area contributed by atoms with Gasteiger partial charge in [-0.15, -0.1) is 0 Å². The second kappa shape index (κ2) is 9.07. The van der Waals surface area contributed by atoms with Crippen LogP contribution in [0.15, 0.2) is 42.5 Å². The molecule has 1 fully saturated rings. The van der Waals surface area contributed by atoms with Gasteiger partial charge in [-0.2, -0.15) is 0 Å². The van der Waals surface area contributed by atoms with Gasteiger partial charge in [-0.25, -0.2) is 0 Å². The summed E-state index contributed by atoms with van der Waals surface area (Å²) < 4.78 is 10.7. The molecule has 3 rings (SSSR count). The lowest BCUT2D eigenvalue weighted by Gasteiger charge is -2.28. The summed E-state index contributed by atoms with van der Waals surface area (Å²) in [6.07, 6.45) is 4.49.